The zero-order chi connectivity index (χ0) is 29.5. The molecule has 3 aromatic rings. The topological polar surface area (TPSA) is 135 Å². The first-order chi connectivity index (χ1) is 19.7. The second-order valence-corrected chi connectivity index (χ2v) is 9.32. The van der Waals surface area contributed by atoms with E-state index in [1.54, 1.807) is 74.5 Å². The van der Waals surface area contributed by atoms with Crippen LogP contribution in [0.5, 0.6) is 11.5 Å². The first kappa shape index (κ1) is 29.2. The maximum Gasteiger partial charge on any atom is 0.254 e. The molecule has 10 nitrogen and oxygen atoms in total. The van der Waals surface area contributed by atoms with Gasteiger partial charge >= 0.3 is 0 Å². The molecule has 0 bridgehead atoms. The van der Waals surface area contributed by atoms with Crippen LogP contribution in [0.2, 0.25) is 0 Å². The molecule has 0 radical (unpaired) electrons. The Hall–Kier alpha value is -4.80. The van der Waals surface area contributed by atoms with Crippen LogP contribution in [0, 0.1) is 5.21 Å². The van der Waals surface area contributed by atoms with Gasteiger partial charge in [0.25, 0.3) is 11.8 Å². The smallest absolute Gasteiger partial charge is 0.254 e. The molecule has 0 fully saturated rings. The standard InChI is InChI=1S/C31H33N4O6/c1-5-40-25-15-9-22(10-16-25)33-30(36)27-19(3)32-20(4)28(29(27)21-7-13-24(14-8-21)35(38)39)31(37)34-23-11-17-26(18-12-23)41-6-2/h7-18,29,32,38H,5-6H2,1-4H3,(H,33,36)(H,34,37)/q-1. The van der Waals surface area contributed by atoms with Gasteiger partial charge in [0.1, 0.15) is 11.5 Å². The molecule has 0 aliphatic carbocycles. The molecule has 0 unspecified atom stereocenters. The van der Waals surface area contributed by atoms with E-state index in [4.69, 9.17) is 9.47 Å². The van der Waals surface area contributed by atoms with E-state index in [0.717, 1.165) is 0 Å². The second-order valence-electron chi connectivity index (χ2n) is 9.32. The van der Waals surface area contributed by atoms with E-state index < -0.39 is 17.7 Å². The van der Waals surface area contributed by atoms with Gasteiger partial charge in [0.15, 0.2) is 0 Å². The summed E-state index contributed by atoms with van der Waals surface area (Å²) in [4.78, 5) is 27.5. The quantitative estimate of drug-likeness (QED) is 0.234. The van der Waals surface area contributed by atoms with Crippen molar-refractivity contribution in [1.82, 2.24) is 5.32 Å². The van der Waals surface area contributed by atoms with E-state index in [1.165, 1.54) is 12.1 Å². The van der Waals surface area contributed by atoms with Gasteiger partial charge in [-0.25, -0.2) is 0 Å². The molecule has 0 atom stereocenters. The van der Waals surface area contributed by atoms with Crippen LogP contribution in [-0.4, -0.2) is 30.2 Å². The number of amides is 2. The number of dihydropyridines is 1. The normalized spacial score (nSPS) is 13.4. The molecule has 10 heteroatoms. The molecular weight excluding hydrogens is 524 g/mol. The summed E-state index contributed by atoms with van der Waals surface area (Å²) >= 11 is 0. The van der Waals surface area contributed by atoms with Crippen LogP contribution in [0.3, 0.4) is 0 Å². The molecule has 1 aliphatic rings. The molecular formula is C31H33N4O6-. The van der Waals surface area contributed by atoms with Crippen LogP contribution in [0.4, 0.5) is 17.1 Å². The molecule has 1 aliphatic heterocycles. The van der Waals surface area contributed by atoms with Crippen LogP contribution in [0.1, 0.15) is 39.2 Å². The molecule has 3 aromatic carbocycles. The highest BCUT2D eigenvalue weighted by atomic mass is 16.8. The Morgan fingerprint density at radius 3 is 1.56 bits per heavy atom. The molecule has 2 amide bonds. The van der Waals surface area contributed by atoms with Gasteiger partial charge in [-0.15, -0.1) is 0 Å². The van der Waals surface area contributed by atoms with E-state index in [0.29, 0.717) is 64.2 Å². The number of carbonyl (C=O) groups is 2. The molecule has 0 saturated carbocycles. The number of carbonyl (C=O) groups excluding carboxylic acids is 2. The summed E-state index contributed by atoms with van der Waals surface area (Å²) in [6.07, 6.45) is 0. The van der Waals surface area contributed by atoms with Crippen molar-refractivity contribution < 1.29 is 24.3 Å². The van der Waals surface area contributed by atoms with E-state index in [9.17, 15) is 20.0 Å². The highest BCUT2D eigenvalue weighted by molar-refractivity contribution is 6.11. The number of nitrogens with one attached hydrogen (secondary N) is 3. The first-order valence-corrected chi connectivity index (χ1v) is 13.2. The number of rotatable bonds is 10. The van der Waals surface area contributed by atoms with Crippen molar-refractivity contribution in [2.24, 2.45) is 0 Å². The predicted octanol–water partition coefficient (Wildman–Crippen LogP) is 5.69. The summed E-state index contributed by atoms with van der Waals surface area (Å²) in [5.41, 5.74) is 3.53. The molecule has 214 valence electrons. The Morgan fingerprint density at radius 2 is 1.20 bits per heavy atom. The van der Waals surface area contributed by atoms with Crippen LogP contribution < -0.4 is 30.7 Å². The number of nitrogens with zero attached hydrogens (tertiary/aromatic N) is 1. The van der Waals surface area contributed by atoms with Gasteiger partial charge in [-0.1, -0.05) is 12.1 Å². The Labute approximate surface area is 238 Å². The lowest BCUT2D eigenvalue weighted by Gasteiger charge is -2.32. The average Bonchev–Trinajstić information content (AvgIpc) is 2.95. The van der Waals surface area contributed by atoms with Crippen molar-refractivity contribution in [3.63, 3.8) is 0 Å². The summed E-state index contributed by atoms with van der Waals surface area (Å²) in [5.74, 6) is -0.225. The fourth-order valence-corrected chi connectivity index (χ4v) is 4.72. The van der Waals surface area contributed by atoms with Gasteiger partial charge in [0.05, 0.1) is 18.9 Å². The number of anilines is 3. The highest BCUT2D eigenvalue weighted by Crippen LogP contribution is 2.40. The van der Waals surface area contributed by atoms with Crippen LogP contribution >= 0.6 is 0 Å². The predicted molar refractivity (Wildman–Crippen MR) is 158 cm³/mol. The summed E-state index contributed by atoms with van der Waals surface area (Å²) in [7, 11) is 0. The van der Waals surface area contributed by atoms with Crippen molar-refractivity contribution >= 4 is 28.9 Å². The molecule has 41 heavy (non-hydrogen) atoms. The molecule has 1 heterocycles. The fourth-order valence-electron chi connectivity index (χ4n) is 4.72. The Kier molecular flexibility index (Phi) is 9.28. The number of ether oxygens (including phenoxy) is 2. The van der Waals surface area contributed by atoms with Crippen LogP contribution in [-0.2, 0) is 9.59 Å². The monoisotopic (exact) mass is 557 g/mol. The molecule has 0 saturated heterocycles. The van der Waals surface area contributed by atoms with Crippen molar-refractivity contribution in [3.8, 4) is 11.5 Å². The van der Waals surface area contributed by atoms with Crippen molar-refractivity contribution in [2.75, 3.05) is 29.1 Å². The van der Waals surface area contributed by atoms with Gasteiger partial charge in [-0.05, 0) is 93.9 Å². The number of benzene rings is 3. The fraction of sp³-hybridized carbons (Fsp3) is 0.226. The second kappa shape index (κ2) is 13.0. The van der Waals surface area contributed by atoms with Crippen molar-refractivity contribution in [1.29, 1.82) is 0 Å². The minimum atomic E-state index is -0.783. The van der Waals surface area contributed by atoms with Gasteiger partial charge in [-0.3, -0.25) is 14.8 Å². The average molecular weight is 558 g/mol. The molecule has 0 aromatic heterocycles. The summed E-state index contributed by atoms with van der Waals surface area (Å²) in [6.45, 7) is 8.37. The maximum atomic E-state index is 13.8. The van der Waals surface area contributed by atoms with Gasteiger partial charge in [0, 0.05) is 39.8 Å². The molecule has 0 spiro atoms. The lowest BCUT2D eigenvalue weighted by atomic mass is 9.79. The Bertz CT molecular complexity index is 1360. The molecule has 4 N–H and O–H groups in total. The van der Waals surface area contributed by atoms with Gasteiger partial charge < -0.3 is 35.9 Å². The Morgan fingerprint density at radius 1 is 0.780 bits per heavy atom. The minimum absolute atomic E-state index is 0.0184. The van der Waals surface area contributed by atoms with Crippen molar-refractivity contribution in [2.45, 2.75) is 33.6 Å². The summed E-state index contributed by atoms with van der Waals surface area (Å²) in [5, 5.41) is 29.5. The SMILES string of the molecule is CCOc1ccc(NC(=O)C2=C(C)NC(C)=C(C(=O)Nc3ccc(OCC)cc3)C2c2ccc(N([O-])O)cc2)cc1. The third kappa shape index (κ3) is 6.86. The van der Waals surface area contributed by atoms with Crippen LogP contribution in [0.25, 0.3) is 0 Å². The zero-order valence-corrected chi connectivity index (χ0v) is 23.4. The third-order valence-corrected chi connectivity index (χ3v) is 6.54. The van der Waals surface area contributed by atoms with Crippen molar-refractivity contribution in [3.05, 3.63) is 106 Å². The number of allylic oxidation sites excluding steroid dienone is 2. The van der Waals surface area contributed by atoms with E-state index in [1.807, 2.05) is 13.8 Å². The van der Waals surface area contributed by atoms with E-state index in [2.05, 4.69) is 16.0 Å². The number of hydrogen-bond donors (Lipinski definition) is 4. The minimum Gasteiger partial charge on any atom is -0.733 e. The lowest BCUT2D eigenvalue weighted by Crippen LogP contribution is -2.35. The molecule has 4 rings (SSSR count). The first-order valence-electron chi connectivity index (χ1n) is 13.2. The van der Waals surface area contributed by atoms with E-state index in [-0.39, 0.29) is 10.9 Å². The lowest BCUT2D eigenvalue weighted by molar-refractivity contribution is -0.113. The zero-order valence-electron chi connectivity index (χ0n) is 23.4. The summed E-state index contributed by atoms with van der Waals surface area (Å²) in [6, 6.07) is 20.1. The largest absolute Gasteiger partial charge is 0.733 e. The highest BCUT2D eigenvalue weighted by Gasteiger charge is 2.36. The Balaban J connectivity index is 1.70. The van der Waals surface area contributed by atoms with Gasteiger partial charge in [0.2, 0.25) is 0 Å². The maximum absolute atomic E-state index is 13.8. The van der Waals surface area contributed by atoms with Crippen LogP contribution in [0.15, 0.2) is 95.3 Å². The van der Waals surface area contributed by atoms with E-state index >= 15 is 0 Å². The third-order valence-electron chi connectivity index (χ3n) is 6.54. The number of hydrogen-bond acceptors (Lipinski definition) is 8. The van der Waals surface area contributed by atoms with Gasteiger partial charge in [-0.2, -0.15) is 0 Å². The summed E-state index contributed by atoms with van der Waals surface area (Å²) < 4.78 is 11.0.